The Bertz CT molecular complexity index is 595. The fourth-order valence-electron chi connectivity index (χ4n) is 2.31. The van der Waals surface area contributed by atoms with Crippen LogP contribution in [0.1, 0.15) is 23.7 Å². The second-order valence-corrected chi connectivity index (χ2v) is 7.49. The lowest BCUT2D eigenvalue weighted by Crippen LogP contribution is -2.49. The molecular formula is C14H20N2O3S. The molecule has 1 aromatic carbocycles. The second-order valence-electron chi connectivity index (χ2n) is 5.48. The summed E-state index contributed by atoms with van der Waals surface area (Å²) in [6.07, 6.45) is 2.04. The van der Waals surface area contributed by atoms with Crippen LogP contribution in [0.4, 0.5) is 0 Å². The van der Waals surface area contributed by atoms with Gasteiger partial charge in [-0.05, 0) is 36.6 Å². The molecule has 2 unspecified atom stereocenters. The smallest absolute Gasteiger partial charge is 0.253 e. The Balaban J connectivity index is 2.14. The minimum Gasteiger partial charge on any atom is -0.337 e. The first-order valence-electron chi connectivity index (χ1n) is 6.64. The van der Waals surface area contributed by atoms with Crippen molar-refractivity contribution in [3.05, 3.63) is 29.8 Å². The minimum absolute atomic E-state index is 0.00277. The summed E-state index contributed by atoms with van der Waals surface area (Å²) in [5.74, 6) is 0.332. The lowest BCUT2D eigenvalue weighted by Gasteiger charge is -2.35. The zero-order valence-electron chi connectivity index (χ0n) is 11.7. The molecule has 1 amide bonds. The van der Waals surface area contributed by atoms with E-state index in [1.807, 2.05) is 0 Å². The molecule has 1 aliphatic heterocycles. The van der Waals surface area contributed by atoms with Crippen LogP contribution in [0.3, 0.4) is 0 Å². The van der Waals surface area contributed by atoms with Crippen LogP contribution >= 0.6 is 0 Å². The van der Waals surface area contributed by atoms with E-state index in [-0.39, 0.29) is 16.8 Å². The van der Waals surface area contributed by atoms with Crippen LogP contribution in [0.5, 0.6) is 0 Å². The molecule has 1 heterocycles. The number of carbonyl (C=O) groups is 1. The zero-order chi connectivity index (χ0) is 14.9. The van der Waals surface area contributed by atoms with Crippen molar-refractivity contribution in [1.82, 2.24) is 4.90 Å². The largest absolute Gasteiger partial charge is 0.337 e. The maximum absolute atomic E-state index is 12.3. The van der Waals surface area contributed by atoms with E-state index in [0.717, 1.165) is 12.7 Å². The third-order valence-electron chi connectivity index (χ3n) is 3.83. The molecule has 6 heteroatoms. The normalized spacial score (nSPS) is 23.6. The van der Waals surface area contributed by atoms with Gasteiger partial charge < -0.3 is 10.6 Å². The van der Waals surface area contributed by atoms with Crippen LogP contribution in [0.2, 0.25) is 0 Å². The van der Waals surface area contributed by atoms with E-state index in [0.29, 0.717) is 24.6 Å². The van der Waals surface area contributed by atoms with Crippen LogP contribution in [0, 0.1) is 5.92 Å². The van der Waals surface area contributed by atoms with Gasteiger partial charge in [0.1, 0.15) is 0 Å². The first-order valence-corrected chi connectivity index (χ1v) is 8.53. The molecular weight excluding hydrogens is 276 g/mol. The van der Waals surface area contributed by atoms with Crippen LogP contribution in [0.15, 0.2) is 29.2 Å². The summed E-state index contributed by atoms with van der Waals surface area (Å²) in [5.41, 5.74) is 6.49. The Labute approximate surface area is 119 Å². The Kier molecular flexibility index (Phi) is 4.15. The van der Waals surface area contributed by atoms with Gasteiger partial charge in [-0.3, -0.25) is 4.79 Å². The summed E-state index contributed by atoms with van der Waals surface area (Å²) in [7, 11) is -3.23. The van der Waals surface area contributed by atoms with E-state index in [4.69, 9.17) is 5.73 Å². The molecule has 1 aliphatic rings. The molecule has 1 aromatic rings. The molecule has 0 aliphatic carbocycles. The van der Waals surface area contributed by atoms with Crippen molar-refractivity contribution < 1.29 is 13.2 Å². The molecule has 5 nitrogen and oxygen atoms in total. The standard InChI is InChI=1S/C14H20N2O3S/c1-10-7-8-16(9-13(10)15)14(17)11-3-5-12(6-4-11)20(2,18)19/h3-6,10,13H,7-9,15H2,1-2H3. The van der Waals surface area contributed by atoms with Gasteiger partial charge in [0.05, 0.1) is 4.90 Å². The Hall–Kier alpha value is -1.40. The highest BCUT2D eigenvalue weighted by Crippen LogP contribution is 2.18. The topological polar surface area (TPSA) is 80.5 Å². The van der Waals surface area contributed by atoms with Crippen molar-refractivity contribution in [3.8, 4) is 0 Å². The summed E-state index contributed by atoms with van der Waals surface area (Å²) < 4.78 is 22.8. The second kappa shape index (κ2) is 5.54. The fraction of sp³-hybridized carbons (Fsp3) is 0.500. The molecule has 2 atom stereocenters. The number of nitrogens with zero attached hydrogens (tertiary/aromatic N) is 1. The van der Waals surface area contributed by atoms with E-state index in [1.54, 1.807) is 17.0 Å². The van der Waals surface area contributed by atoms with Crippen molar-refractivity contribution >= 4 is 15.7 Å². The van der Waals surface area contributed by atoms with E-state index in [1.165, 1.54) is 12.1 Å². The number of nitrogens with two attached hydrogens (primary N) is 1. The predicted molar refractivity (Wildman–Crippen MR) is 77.2 cm³/mol. The number of benzene rings is 1. The third kappa shape index (κ3) is 3.19. The fourth-order valence-corrected chi connectivity index (χ4v) is 2.94. The number of hydrogen-bond donors (Lipinski definition) is 1. The molecule has 2 N–H and O–H groups in total. The molecule has 20 heavy (non-hydrogen) atoms. The summed E-state index contributed by atoms with van der Waals surface area (Å²) in [6, 6.07) is 6.05. The number of hydrogen-bond acceptors (Lipinski definition) is 4. The van der Waals surface area contributed by atoms with Gasteiger partial charge in [0.25, 0.3) is 5.91 Å². The summed E-state index contributed by atoms with van der Waals surface area (Å²) in [4.78, 5) is 14.3. The van der Waals surface area contributed by atoms with E-state index >= 15 is 0 Å². The number of piperidine rings is 1. The lowest BCUT2D eigenvalue weighted by atomic mass is 9.94. The van der Waals surface area contributed by atoms with Crippen LogP contribution in [-0.2, 0) is 9.84 Å². The molecule has 0 radical (unpaired) electrons. The Morgan fingerprint density at radius 2 is 1.90 bits per heavy atom. The molecule has 0 saturated carbocycles. The molecule has 0 bridgehead atoms. The van der Waals surface area contributed by atoms with Gasteiger partial charge in [0.15, 0.2) is 9.84 Å². The van der Waals surface area contributed by atoms with E-state index in [2.05, 4.69) is 6.92 Å². The van der Waals surface area contributed by atoms with E-state index in [9.17, 15) is 13.2 Å². The molecule has 1 saturated heterocycles. The van der Waals surface area contributed by atoms with Gasteiger partial charge in [-0.1, -0.05) is 6.92 Å². The van der Waals surface area contributed by atoms with Crippen molar-refractivity contribution in [2.45, 2.75) is 24.3 Å². The highest BCUT2D eigenvalue weighted by atomic mass is 32.2. The maximum atomic E-state index is 12.3. The van der Waals surface area contributed by atoms with Gasteiger partial charge in [-0.25, -0.2) is 8.42 Å². The Morgan fingerprint density at radius 3 is 2.40 bits per heavy atom. The maximum Gasteiger partial charge on any atom is 0.253 e. The summed E-state index contributed by atoms with van der Waals surface area (Å²) >= 11 is 0. The minimum atomic E-state index is -3.23. The van der Waals surface area contributed by atoms with Crippen molar-refractivity contribution in [2.75, 3.05) is 19.3 Å². The van der Waals surface area contributed by atoms with Gasteiger partial charge in [-0.15, -0.1) is 0 Å². The number of rotatable bonds is 2. The SMILES string of the molecule is CC1CCN(C(=O)c2ccc(S(C)(=O)=O)cc2)CC1N. The van der Waals surface area contributed by atoms with Crippen molar-refractivity contribution in [3.63, 3.8) is 0 Å². The number of sulfone groups is 1. The van der Waals surface area contributed by atoms with Gasteiger partial charge >= 0.3 is 0 Å². The Morgan fingerprint density at radius 1 is 1.30 bits per heavy atom. The molecule has 0 spiro atoms. The predicted octanol–water partition coefficient (Wildman–Crippen LogP) is 0.899. The quantitative estimate of drug-likeness (QED) is 0.879. The lowest BCUT2D eigenvalue weighted by molar-refractivity contribution is 0.0672. The monoisotopic (exact) mass is 296 g/mol. The number of amides is 1. The van der Waals surface area contributed by atoms with Gasteiger partial charge in [0, 0.05) is 31.0 Å². The number of carbonyl (C=O) groups excluding carboxylic acids is 1. The molecule has 2 rings (SSSR count). The third-order valence-corrected chi connectivity index (χ3v) is 4.96. The van der Waals surface area contributed by atoms with Crippen molar-refractivity contribution in [1.29, 1.82) is 0 Å². The molecule has 110 valence electrons. The summed E-state index contributed by atoms with van der Waals surface area (Å²) in [6.45, 7) is 3.34. The van der Waals surface area contributed by atoms with Crippen LogP contribution in [0.25, 0.3) is 0 Å². The first kappa shape index (κ1) is 15.0. The molecule has 0 aromatic heterocycles. The average molecular weight is 296 g/mol. The first-order chi connectivity index (χ1) is 9.29. The molecule has 1 fully saturated rings. The summed E-state index contributed by atoms with van der Waals surface area (Å²) in [5, 5.41) is 0. The highest BCUT2D eigenvalue weighted by molar-refractivity contribution is 7.90. The number of likely N-dealkylation sites (tertiary alicyclic amines) is 1. The van der Waals surface area contributed by atoms with Gasteiger partial charge in [0.2, 0.25) is 0 Å². The average Bonchev–Trinajstić information content (AvgIpc) is 2.40. The highest BCUT2D eigenvalue weighted by Gasteiger charge is 2.26. The van der Waals surface area contributed by atoms with Gasteiger partial charge in [-0.2, -0.15) is 0 Å². The zero-order valence-corrected chi connectivity index (χ0v) is 12.6. The van der Waals surface area contributed by atoms with Crippen LogP contribution < -0.4 is 5.73 Å². The van der Waals surface area contributed by atoms with Crippen LogP contribution in [-0.4, -0.2) is 44.6 Å². The van der Waals surface area contributed by atoms with Crippen molar-refractivity contribution in [2.24, 2.45) is 11.7 Å². The van der Waals surface area contributed by atoms with E-state index < -0.39 is 9.84 Å².